The van der Waals surface area contributed by atoms with Crippen LogP contribution >= 0.6 is 0 Å². The van der Waals surface area contributed by atoms with E-state index in [1.807, 2.05) is 24.3 Å². The first-order valence-electron chi connectivity index (χ1n) is 8.93. The van der Waals surface area contributed by atoms with Crippen LogP contribution in [0.2, 0.25) is 0 Å². The number of nitrogens with zero attached hydrogens (tertiary/aromatic N) is 1. The van der Waals surface area contributed by atoms with Gasteiger partial charge in [0.15, 0.2) is 0 Å². The molecule has 0 heterocycles. The first-order valence-corrected chi connectivity index (χ1v) is 8.93. The lowest BCUT2D eigenvalue weighted by Crippen LogP contribution is -2.30. The lowest BCUT2D eigenvalue weighted by molar-refractivity contribution is -0.120. The van der Waals surface area contributed by atoms with E-state index in [1.54, 1.807) is 31.1 Å². The Labute approximate surface area is 159 Å². The van der Waals surface area contributed by atoms with Gasteiger partial charge >= 0.3 is 0 Å². The molecular weight excluding hydrogens is 347 g/mol. The second-order valence-corrected chi connectivity index (χ2v) is 6.15. The van der Waals surface area contributed by atoms with Crippen molar-refractivity contribution in [2.75, 3.05) is 25.2 Å². The maximum atomic E-state index is 13.4. The van der Waals surface area contributed by atoms with E-state index in [0.717, 1.165) is 16.8 Å². The Balaban J connectivity index is 2.08. The van der Waals surface area contributed by atoms with Crippen LogP contribution in [-0.2, 0) is 27.3 Å². The molecule has 144 valence electrons. The molecule has 0 aromatic heterocycles. The van der Waals surface area contributed by atoms with Crippen LogP contribution in [0.25, 0.3) is 0 Å². The Morgan fingerprint density at radius 3 is 2.48 bits per heavy atom. The van der Waals surface area contributed by atoms with Crippen LogP contribution in [0.15, 0.2) is 48.5 Å². The molecule has 0 saturated carbocycles. The number of ether oxygens (including phenoxy) is 1. The predicted molar refractivity (Wildman–Crippen MR) is 103 cm³/mol. The van der Waals surface area contributed by atoms with Crippen LogP contribution in [0.1, 0.15) is 24.5 Å². The zero-order valence-corrected chi connectivity index (χ0v) is 15.7. The zero-order valence-electron chi connectivity index (χ0n) is 15.7. The molecule has 0 radical (unpaired) electrons. The molecule has 0 saturated heterocycles. The molecule has 0 unspecified atom stereocenters. The highest BCUT2D eigenvalue weighted by Crippen LogP contribution is 2.20. The molecule has 2 amide bonds. The van der Waals surface area contributed by atoms with Crippen molar-refractivity contribution in [2.24, 2.45) is 0 Å². The van der Waals surface area contributed by atoms with E-state index in [2.05, 4.69) is 5.32 Å². The first-order chi connectivity index (χ1) is 13.0. The van der Waals surface area contributed by atoms with Gasteiger partial charge in [-0.1, -0.05) is 31.2 Å². The van der Waals surface area contributed by atoms with Crippen molar-refractivity contribution >= 4 is 17.5 Å². The van der Waals surface area contributed by atoms with Crippen LogP contribution in [0, 0.1) is 5.82 Å². The van der Waals surface area contributed by atoms with Gasteiger partial charge in [0.1, 0.15) is 5.82 Å². The van der Waals surface area contributed by atoms with Gasteiger partial charge in [-0.3, -0.25) is 9.59 Å². The van der Waals surface area contributed by atoms with Gasteiger partial charge in [0, 0.05) is 25.8 Å². The summed E-state index contributed by atoms with van der Waals surface area (Å²) in [6.07, 6.45) is 0.606. The summed E-state index contributed by atoms with van der Waals surface area (Å²) in [7, 11) is 1.58. The maximum Gasteiger partial charge on any atom is 0.227 e. The highest BCUT2D eigenvalue weighted by molar-refractivity contribution is 5.93. The van der Waals surface area contributed by atoms with E-state index in [-0.39, 0.29) is 24.1 Å². The Kier molecular flexibility index (Phi) is 7.95. The molecule has 0 spiro atoms. The smallest absolute Gasteiger partial charge is 0.227 e. The molecule has 0 bridgehead atoms. The minimum atomic E-state index is -0.328. The molecule has 2 aromatic rings. The van der Waals surface area contributed by atoms with E-state index >= 15 is 0 Å². The summed E-state index contributed by atoms with van der Waals surface area (Å²) in [6.45, 7) is 3.03. The summed E-state index contributed by atoms with van der Waals surface area (Å²) in [6, 6.07) is 13.5. The SMILES string of the molecule is CCC(=O)N(Cc1cccc(F)c1)c1ccc(CC(=O)NCCOC)cc1. The second kappa shape index (κ2) is 10.4. The monoisotopic (exact) mass is 372 g/mol. The molecule has 2 rings (SSSR count). The summed E-state index contributed by atoms with van der Waals surface area (Å²) in [5.74, 6) is -0.461. The first kappa shape index (κ1) is 20.6. The average Bonchev–Trinajstić information content (AvgIpc) is 2.66. The van der Waals surface area contributed by atoms with Crippen molar-refractivity contribution in [3.8, 4) is 0 Å². The number of methoxy groups -OCH3 is 1. The van der Waals surface area contributed by atoms with E-state index in [1.165, 1.54) is 12.1 Å². The van der Waals surface area contributed by atoms with Crippen molar-refractivity contribution in [2.45, 2.75) is 26.3 Å². The second-order valence-electron chi connectivity index (χ2n) is 6.15. The topological polar surface area (TPSA) is 58.6 Å². The molecule has 27 heavy (non-hydrogen) atoms. The fourth-order valence-corrected chi connectivity index (χ4v) is 2.67. The summed E-state index contributed by atoms with van der Waals surface area (Å²) in [5, 5.41) is 2.77. The van der Waals surface area contributed by atoms with E-state index in [9.17, 15) is 14.0 Å². The molecule has 2 aromatic carbocycles. The minimum absolute atomic E-state index is 0.0516. The van der Waals surface area contributed by atoms with Crippen LogP contribution in [0.3, 0.4) is 0 Å². The number of amides is 2. The lowest BCUT2D eigenvalue weighted by Gasteiger charge is -2.23. The Morgan fingerprint density at radius 2 is 1.85 bits per heavy atom. The van der Waals surface area contributed by atoms with Gasteiger partial charge in [-0.15, -0.1) is 0 Å². The summed E-state index contributed by atoms with van der Waals surface area (Å²) in [4.78, 5) is 25.9. The number of nitrogens with one attached hydrogen (secondary N) is 1. The number of benzene rings is 2. The quantitative estimate of drug-likeness (QED) is 0.688. The third-order valence-electron chi connectivity index (χ3n) is 4.07. The fraction of sp³-hybridized carbons (Fsp3) is 0.333. The van der Waals surface area contributed by atoms with Crippen LogP contribution in [0.5, 0.6) is 0 Å². The summed E-state index contributed by atoms with van der Waals surface area (Å²) in [5.41, 5.74) is 2.29. The Hall–Kier alpha value is -2.73. The fourth-order valence-electron chi connectivity index (χ4n) is 2.67. The maximum absolute atomic E-state index is 13.4. The summed E-state index contributed by atoms with van der Waals surface area (Å²) >= 11 is 0. The van der Waals surface area contributed by atoms with Gasteiger partial charge in [-0.05, 0) is 35.4 Å². The Bertz CT molecular complexity index is 762. The normalized spacial score (nSPS) is 10.5. The van der Waals surface area contributed by atoms with Crippen molar-refractivity contribution in [3.05, 3.63) is 65.5 Å². The van der Waals surface area contributed by atoms with Crippen molar-refractivity contribution in [1.29, 1.82) is 0 Å². The number of hydrogen-bond donors (Lipinski definition) is 1. The molecule has 0 aliphatic rings. The van der Waals surface area contributed by atoms with Gasteiger partial charge in [-0.25, -0.2) is 4.39 Å². The van der Waals surface area contributed by atoms with Gasteiger partial charge in [0.2, 0.25) is 11.8 Å². The lowest BCUT2D eigenvalue weighted by atomic mass is 10.1. The molecule has 0 atom stereocenters. The minimum Gasteiger partial charge on any atom is -0.383 e. The third-order valence-corrected chi connectivity index (χ3v) is 4.07. The number of carbonyl (C=O) groups excluding carboxylic acids is 2. The molecule has 5 nitrogen and oxygen atoms in total. The molecule has 6 heteroatoms. The van der Waals surface area contributed by atoms with Gasteiger partial charge in [-0.2, -0.15) is 0 Å². The molecule has 0 fully saturated rings. The van der Waals surface area contributed by atoms with Crippen LogP contribution in [-0.4, -0.2) is 32.1 Å². The van der Waals surface area contributed by atoms with Crippen molar-refractivity contribution in [1.82, 2.24) is 5.32 Å². The summed E-state index contributed by atoms with van der Waals surface area (Å²) < 4.78 is 18.3. The van der Waals surface area contributed by atoms with Gasteiger partial charge < -0.3 is 15.0 Å². The average molecular weight is 372 g/mol. The molecule has 0 aliphatic carbocycles. The van der Waals surface area contributed by atoms with E-state index in [4.69, 9.17) is 4.74 Å². The Morgan fingerprint density at radius 1 is 1.11 bits per heavy atom. The zero-order chi connectivity index (χ0) is 19.6. The number of rotatable bonds is 9. The number of halogens is 1. The van der Waals surface area contributed by atoms with E-state index < -0.39 is 0 Å². The number of carbonyl (C=O) groups is 2. The van der Waals surface area contributed by atoms with Crippen molar-refractivity contribution in [3.63, 3.8) is 0 Å². The van der Waals surface area contributed by atoms with Gasteiger partial charge in [0.05, 0.1) is 19.6 Å². The molecule has 1 N–H and O–H groups in total. The van der Waals surface area contributed by atoms with Crippen LogP contribution in [0.4, 0.5) is 10.1 Å². The third kappa shape index (κ3) is 6.49. The van der Waals surface area contributed by atoms with E-state index in [0.29, 0.717) is 26.1 Å². The number of hydrogen-bond acceptors (Lipinski definition) is 3. The molecular formula is C21H25FN2O3. The standard InChI is InChI=1S/C21H25FN2O3/c1-3-21(26)24(15-17-5-4-6-18(22)13-17)19-9-7-16(8-10-19)14-20(25)23-11-12-27-2/h4-10,13H,3,11-12,14-15H2,1-2H3,(H,23,25). The predicted octanol–water partition coefficient (Wildman–Crippen LogP) is 3.07. The van der Waals surface area contributed by atoms with Gasteiger partial charge in [0.25, 0.3) is 0 Å². The highest BCUT2D eigenvalue weighted by Gasteiger charge is 2.15. The highest BCUT2D eigenvalue weighted by atomic mass is 19.1. The van der Waals surface area contributed by atoms with Crippen LogP contribution < -0.4 is 10.2 Å². The molecule has 0 aliphatic heterocycles. The number of anilines is 1. The largest absolute Gasteiger partial charge is 0.383 e. The van der Waals surface area contributed by atoms with Crippen molar-refractivity contribution < 1.29 is 18.7 Å².